The number of benzene rings is 2. The molecule has 3 fully saturated rings. The molecule has 2 aromatic carbocycles. The Labute approximate surface area is 233 Å². The molecule has 3 aliphatic heterocycles. The van der Waals surface area contributed by atoms with Gasteiger partial charge in [-0.1, -0.05) is 79.4 Å². The number of carbonyl (C=O) groups is 3. The van der Waals surface area contributed by atoms with Gasteiger partial charge in [-0.2, -0.15) is 0 Å². The van der Waals surface area contributed by atoms with E-state index in [2.05, 4.69) is 10.6 Å². The van der Waals surface area contributed by atoms with Gasteiger partial charge in [-0.3, -0.25) is 14.4 Å². The number of amides is 3. The third-order valence-corrected chi connectivity index (χ3v) is 9.36. The number of aryl methyl sites for hydroxylation is 1. The molecule has 1 aliphatic carbocycles. The number of hydrogen-bond donors (Lipinski definition) is 2. The number of nitrogens with zero attached hydrogens (tertiary/aromatic N) is 1. The van der Waals surface area contributed by atoms with Crippen molar-refractivity contribution in [3.05, 3.63) is 76.8 Å². The van der Waals surface area contributed by atoms with Gasteiger partial charge in [0.25, 0.3) is 0 Å². The number of carbonyl (C=O) groups excluding carboxylic acids is 3. The minimum absolute atomic E-state index is 0.0821. The Morgan fingerprint density at radius 1 is 1.08 bits per heavy atom. The first-order valence-corrected chi connectivity index (χ1v) is 14.3. The molecule has 0 aromatic heterocycles. The van der Waals surface area contributed by atoms with Crippen molar-refractivity contribution in [3.63, 3.8) is 0 Å². The van der Waals surface area contributed by atoms with Gasteiger partial charge < -0.3 is 20.3 Å². The van der Waals surface area contributed by atoms with Crippen LogP contribution in [0, 0.1) is 18.8 Å². The third-order valence-electron chi connectivity index (χ3n) is 8.95. The van der Waals surface area contributed by atoms with E-state index in [-0.39, 0.29) is 29.8 Å². The molecular weight excluding hydrogens is 514 g/mol. The molecular formula is C31H34ClN3O4. The molecule has 6 rings (SSSR count). The molecule has 2 N–H and O–H groups in total. The van der Waals surface area contributed by atoms with E-state index in [1.54, 1.807) is 17.0 Å². The minimum atomic E-state index is -1.20. The van der Waals surface area contributed by atoms with Gasteiger partial charge in [-0.15, -0.1) is 0 Å². The van der Waals surface area contributed by atoms with Crippen molar-refractivity contribution in [1.82, 2.24) is 10.2 Å². The van der Waals surface area contributed by atoms with Crippen molar-refractivity contribution >= 4 is 35.0 Å². The summed E-state index contributed by atoms with van der Waals surface area (Å²) in [7, 11) is 0. The average Bonchev–Trinajstić information content (AvgIpc) is 3.58. The maximum atomic E-state index is 14.3. The van der Waals surface area contributed by atoms with Gasteiger partial charge in [0.1, 0.15) is 11.6 Å². The average molecular weight is 548 g/mol. The van der Waals surface area contributed by atoms with Crippen molar-refractivity contribution in [3.8, 4) is 0 Å². The van der Waals surface area contributed by atoms with E-state index in [0.29, 0.717) is 10.7 Å². The van der Waals surface area contributed by atoms with Gasteiger partial charge in [0.2, 0.25) is 17.7 Å². The molecule has 1 spiro atoms. The minimum Gasteiger partial charge on any atom is -0.359 e. The molecule has 0 radical (unpaired) electrons. The lowest BCUT2D eigenvalue weighted by atomic mass is 9.74. The fraction of sp³-hybridized carbons (Fsp3) is 0.452. The summed E-state index contributed by atoms with van der Waals surface area (Å²) in [6.07, 6.45) is 8.31. The van der Waals surface area contributed by atoms with Gasteiger partial charge in [-0.05, 0) is 49.9 Å². The zero-order valence-electron chi connectivity index (χ0n) is 22.2. The van der Waals surface area contributed by atoms with E-state index in [0.717, 1.165) is 36.8 Å². The predicted octanol–water partition coefficient (Wildman–Crippen LogP) is 4.95. The summed E-state index contributed by atoms with van der Waals surface area (Å²) in [5.41, 5.74) is 1.19. The summed E-state index contributed by atoms with van der Waals surface area (Å²) in [5, 5.41) is 6.73. The van der Waals surface area contributed by atoms with Crippen LogP contribution in [0.25, 0.3) is 0 Å². The number of halogens is 1. The molecule has 4 aliphatic rings. The molecule has 6 atom stereocenters. The zero-order chi connectivity index (χ0) is 27.3. The first-order valence-electron chi connectivity index (χ1n) is 13.9. The highest BCUT2D eigenvalue weighted by atomic mass is 35.5. The van der Waals surface area contributed by atoms with Crippen LogP contribution < -0.4 is 10.6 Å². The standard InChI is InChI=1S/C31H34ClN3O4/c1-18-13-14-22(17-23(18)32)34-28(36)25-24-15-16-31(39-24)26(25)30(38)35(19(2)20-9-5-3-6-10-20)27(31)29(37)33-21-11-7-4-8-12-21/h3,5-6,9-10,13-17,19,21,24-27H,4,7-8,11-12H2,1-2H3,(H,33,37)(H,34,36)/t19?,24-,25?,26-,27?,31?/m1/s1. The van der Waals surface area contributed by atoms with Gasteiger partial charge in [0.05, 0.1) is 24.0 Å². The number of hydrogen-bond acceptors (Lipinski definition) is 4. The van der Waals surface area contributed by atoms with Crippen LogP contribution in [-0.4, -0.2) is 46.4 Å². The molecule has 8 heteroatoms. The Hall–Kier alpha value is -3.16. The van der Waals surface area contributed by atoms with Crippen molar-refractivity contribution < 1.29 is 19.1 Å². The van der Waals surface area contributed by atoms with Crippen LogP contribution in [0.5, 0.6) is 0 Å². The molecule has 4 unspecified atom stereocenters. The normalized spacial score (nSPS) is 30.3. The number of nitrogens with one attached hydrogen (secondary N) is 2. The summed E-state index contributed by atoms with van der Waals surface area (Å²) in [5.74, 6) is -2.33. The highest BCUT2D eigenvalue weighted by molar-refractivity contribution is 6.31. The Kier molecular flexibility index (Phi) is 6.76. The van der Waals surface area contributed by atoms with E-state index in [9.17, 15) is 14.4 Å². The van der Waals surface area contributed by atoms with E-state index in [1.807, 2.05) is 62.4 Å². The lowest BCUT2D eigenvalue weighted by Gasteiger charge is -2.37. The Balaban J connectivity index is 1.35. The monoisotopic (exact) mass is 547 g/mol. The van der Waals surface area contributed by atoms with Crippen LogP contribution in [0.4, 0.5) is 5.69 Å². The van der Waals surface area contributed by atoms with E-state index < -0.39 is 29.6 Å². The molecule has 39 heavy (non-hydrogen) atoms. The summed E-state index contributed by atoms with van der Waals surface area (Å²) in [4.78, 5) is 43.7. The first-order chi connectivity index (χ1) is 18.8. The highest BCUT2D eigenvalue weighted by Gasteiger charge is 2.73. The fourth-order valence-electron chi connectivity index (χ4n) is 6.94. The molecule has 204 valence electrons. The maximum Gasteiger partial charge on any atom is 0.246 e. The number of likely N-dealkylation sites (tertiary alicyclic amines) is 1. The van der Waals surface area contributed by atoms with E-state index in [4.69, 9.17) is 16.3 Å². The van der Waals surface area contributed by atoms with Crippen LogP contribution in [0.3, 0.4) is 0 Å². The number of ether oxygens (including phenoxy) is 1. The van der Waals surface area contributed by atoms with Crippen molar-refractivity contribution in [1.29, 1.82) is 0 Å². The molecule has 2 bridgehead atoms. The summed E-state index contributed by atoms with van der Waals surface area (Å²) >= 11 is 6.28. The van der Waals surface area contributed by atoms with Gasteiger partial charge in [-0.25, -0.2) is 0 Å². The van der Waals surface area contributed by atoms with Crippen molar-refractivity contribution in [2.45, 2.75) is 75.8 Å². The largest absolute Gasteiger partial charge is 0.359 e. The van der Waals surface area contributed by atoms with Crippen LogP contribution in [0.2, 0.25) is 5.02 Å². The van der Waals surface area contributed by atoms with Crippen LogP contribution in [-0.2, 0) is 19.1 Å². The van der Waals surface area contributed by atoms with E-state index >= 15 is 0 Å². The lowest BCUT2D eigenvalue weighted by molar-refractivity contribution is -0.143. The van der Waals surface area contributed by atoms with Crippen molar-refractivity contribution in [2.75, 3.05) is 5.32 Å². The summed E-state index contributed by atoms with van der Waals surface area (Å²) in [6, 6.07) is 13.9. The summed E-state index contributed by atoms with van der Waals surface area (Å²) in [6.45, 7) is 3.83. The lowest BCUT2D eigenvalue weighted by Crippen LogP contribution is -2.56. The van der Waals surface area contributed by atoms with Crippen LogP contribution in [0.15, 0.2) is 60.7 Å². The van der Waals surface area contributed by atoms with E-state index in [1.165, 1.54) is 6.42 Å². The second-order valence-electron chi connectivity index (χ2n) is 11.3. The Morgan fingerprint density at radius 2 is 1.82 bits per heavy atom. The second-order valence-corrected chi connectivity index (χ2v) is 11.7. The number of fused-ring (bicyclic) bond motifs is 1. The maximum absolute atomic E-state index is 14.3. The molecule has 3 amide bonds. The predicted molar refractivity (Wildman–Crippen MR) is 149 cm³/mol. The third kappa shape index (κ3) is 4.36. The molecule has 7 nitrogen and oxygen atoms in total. The summed E-state index contributed by atoms with van der Waals surface area (Å²) < 4.78 is 6.49. The Bertz CT molecular complexity index is 1320. The fourth-order valence-corrected chi connectivity index (χ4v) is 7.12. The highest BCUT2D eigenvalue weighted by Crippen LogP contribution is 2.56. The van der Waals surface area contributed by atoms with Gasteiger partial charge >= 0.3 is 0 Å². The molecule has 3 heterocycles. The topological polar surface area (TPSA) is 87.7 Å². The SMILES string of the molecule is Cc1ccc(NC(=O)C2[C@H]3C=CC4(O3)C(C(=O)NC3CCCCC3)N(C(C)c3ccccc3)C(=O)[C@@H]24)cc1Cl. The molecule has 1 saturated carbocycles. The number of rotatable bonds is 6. The second kappa shape index (κ2) is 10.1. The Morgan fingerprint density at radius 3 is 2.54 bits per heavy atom. The zero-order valence-corrected chi connectivity index (χ0v) is 23.0. The molecule has 2 saturated heterocycles. The smallest absolute Gasteiger partial charge is 0.246 e. The van der Waals surface area contributed by atoms with Gasteiger partial charge in [0, 0.05) is 16.8 Å². The van der Waals surface area contributed by atoms with Gasteiger partial charge in [0.15, 0.2) is 0 Å². The van der Waals surface area contributed by atoms with Crippen LogP contribution >= 0.6 is 11.6 Å². The molecule has 2 aromatic rings. The quantitative estimate of drug-likeness (QED) is 0.501. The van der Waals surface area contributed by atoms with Crippen LogP contribution in [0.1, 0.15) is 56.2 Å². The number of anilines is 1. The van der Waals surface area contributed by atoms with Crippen molar-refractivity contribution in [2.24, 2.45) is 11.8 Å². The first kappa shape index (κ1) is 26.1.